The molecule has 1 amide bonds. The van der Waals surface area contributed by atoms with Crippen LogP contribution in [0, 0.1) is 11.6 Å². The number of hydrogen-bond donors (Lipinski definition) is 2. The Bertz CT molecular complexity index is 1480. The van der Waals surface area contributed by atoms with Gasteiger partial charge in [-0.3, -0.25) is 4.79 Å². The molecule has 0 aromatic heterocycles. The molecular weight excluding hydrogens is 526 g/mol. The first-order chi connectivity index (χ1) is 20.0. The van der Waals surface area contributed by atoms with Crippen LogP contribution in [0.4, 0.5) is 8.78 Å². The van der Waals surface area contributed by atoms with Crippen LogP contribution in [0.3, 0.4) is 0 Å². The molecule has 0 bridgehead atoms. The summed E-state index contributed by atoms with van der Waals surface area (Å²) in [6.07, 6.45) is -0.112. The van der Waals surface area contributed by atoms with Gasteiger partial charge >= 0.3 is 0 Å². The van der Waals surface area contributed by atoms with E-state index in [4.69, 9.17) is 19.6 Å². The number of rotatable bonds is 11. The van der Waals surface area contributed by atoms with E-state index in [2.05, 4.69) is 5.32 Å². The molecule has 2 atom stereocenters. The lowest BCUT2D eigenvalue weighted by atomic mass is 9.82. The van der Waals surface area contributed by atoms with Gasteiger partial charge in [-0.25, -0.2) is 13.8 Å². The number of aliphatic hydroxyl groups excluding tert-OH is 1. The molecule has 0 fully saturated rings. The minimum atomic E-state index is -1.48. The van der Waals surface area contributed by atoms with Crippen molar-refractivity contribution in [2.75, 3.05) is 13.2 Å². The normalized spacial score (nSPS) is 17.9. The molecule has 0 saturated heterocycles. The molecule has 4 aromatic rings. The predicted octanol–water partition coefficient (Wildman–Crippen LogP) is 5.54. The summed E-state index contributed by atoms with van der Waals surface area (Å²) in [7, 11) is 0. The van der Waals surface area contributed by atoms with Gasteiger partial charge in [0.05, 0.1) is 6.61 Å². The molecule has 4 aromatic carbocycles. The Labute approximate surface area is 237 Å². The molecule has 0 spiro atoms. The van der Waals surface area contributed by atoms with Crippen LogP contribution >= 0.6 is 0 Å². The van der Waals surface area contributed by atoms with Crippen LogP contribution in [0.15, 0.2) is 108 Å². The minimum absolute atomic E-state index is 0.0404. The molecule has 41 heavy (non-hydrogen) atoms. The van der Waals surface area contributed by atoms with Gasteiger partial charge in [0.1, 0.15) is 17.4 Å². The Hall–Kier alpha value is -4.56. The Morgan fingerprint density at radius 2 is 1.56 bits per heavy atom. The number of ether oxygens (including phenoxy) is 2. The van der Waals surface area contributed by atoms with Gasteiger partial charge in [0.2, 0.25) is 5.90 Å². The summed E-state index contributed by atoms with van der Waals surface area (Å²) in [5.41, 5.74) is 0.520. The van der Waals surface area contributed by atoms with Crippen LogP contribution in [0.5, 0.6) is 5.75 Å². The smallest absolute Gasteiger partial charge is 0.252 e. The van der Waals surface area contributed by atoms with E-state index in [1.54, 1.807) is 24.3 Å². The SMILES string of the molecule is O=C(NCc1c(F)cccc1F)[C@]1(Cc2ccccc2)N=C(c2ccc(OCCCO)cc2)O[C@@H]1c1ccccc1. The van der Waals surface area contributed by atoms with Crippen LogP contribution < -0.4 is 10.1 Å². The first-order valence-electron chi connectivity index (χ1n) is 13.4. The standard InChI is InChI=1S/C33H30F2N2O4/c34-28-13-7-14-29(35)27(28)22-36-32(39)33(21-23-9-3-1-4-10-23)30(24-11-5-2-6-12-24)41-31(37-33)25-15-17-26(18-16-25)40-20-8-19-38/h1-7,9-18,30,38H,8,19-22H2,(H,36,39)/t30-,33-/m1/s1. The van der Waals surface area contributed by atoms with Gasteiger partial charge in [-0.2, -0.15) is 0 Å². The molecule has 210 valence electrons. The lowest BCUT2D eigenvalue weighted by molar-refractivity contribution is -0.129. The van der Waals surface area contributed by atoms with Gasteiger partial charge in [0.15, 0.2) is 11.6 Å². The highest BCUT2D eigenvalue weighted by Gasteiger charge is 2.53. The first-order valence-corrected chi connectivity index (χ1v) is 13.4. The van der Waals surface area contributed by atoms with Crippen LogP contribution in [0.2, 0.25) is 0 Å². The maximum Gasteiger partial charge on any atom is 0.252 e. The lowest BCUT2D eigenvalue weighted by Gasteiger charge is -2.31. The topological polar surface area (TPSA) is 80.2 Å². The molecule has 0 unspecified atom stereocenters. The van der Waals surface area contributed by atoms with Crippen molar-refractivity contribution in [1.82, 2.24) is 5.32 Å². The summed E-state index contributed by atoms with van der Waals surface area (Å²) in [5.74, 6) is -1.10. The van der Waals surface area contributed by atoms with Crippen molar-refractivity contribution in [3.63, 3.8) is 0 Å². The summed E-state index contributed by atoms with van der Waals surface area (Å²) in [5, 5.41) is 11.7. The van der Waals surface area contributed by atoms with Crippen molar-refractivity contribution < 1.29 is 28.2 Å². The molecule has 0 saturated carbocycles. The van der Waals surface area contributed by atoms with E-state index in [1.165, 1.54) is 6.07 Å². The number of halogens is 2. The highest BCUT2D eigenvalue weighted by Crippen LogP contribution is 2.42. The summed E-state index contributed by atoms with van der Waals surface area (Å²) >= 11 is 0. The fourth-order valence-corrected chi connectivity index (χ4v) is 4.84. The van der Waals surface area contributed by atoms with E-state index in [1.807, 2.05) is 60.7 Å². The average molecular weight is 557 g/mol. The second-order valence-electron chi connectivity index (χ2n) is 9.75. The van der Waals surface area contributed by atoms with Crippen molar-refractivity contribution in [2.24, 2.45) is 4.99 Å². The minimum Gasteiger partial charge on any atom is -0.494 e. The Balaban J connectivity index is 1.54. The first kappa shape index (κ1) is 28.0. The molecule has 6 nitrogen and oxygen atoms in total. The summed E-state index contributed by atoms with van der Waals surface area (Å²) in [6, 6.07) is 29.5. The van der Waals surface area contributed by atoms with Crippen molar-refractivity contribution >= 4 is 11.8 Å². The number of carbonyl (C=O) groups is 1. The third-order valence-corrected chi connectivity index (χ3v) is 6.94. The monoisotopic (exact) mass is 556 g/mol. The molecule has 2 N–H and O–H groups in total. The summed E-state index contributed by atoms with van der Waals surface area (Å²) < 4.78 is 40.9. The summed E-state index contributed by atoms with van der Waals surface area (Å²) in [4.78, 5) is 19.1. The van der Waals surface area contributed by atoms with Crippen molar-refractivity contribution in [3.05, 3.63) is 137 Å². The number of aliphatic hydroxyl groups is 1. The second kappa shape index (κ2) is 12.7. The van der Waals surface area contributed by atoms with Gasteiger partial charge in [0.25, 0.3) is 5.91 Å². The van der Waals surface area contributed by atoms with Crippen LogP contribution in [-0.2, 0) is 22.5 Å². The molecule has 8 heteroatoms. The maximum atomic E-state index is 14.4. The molecule has 0 aliphatic carbocycles. The largest absolute Gasteiger partial charge is 0.494 e. The number of amides is 1. The number of nitrogens with zero attached hydrogens (tertiary/aromatic N) is 1. The molecule has 0 radical (unpaired) electrons. The van der Waals surface area contributed by atoms with E-state index >= 15 is 0 Å². The van der Waals surface area contributed by atoms with Crippen LogP contribution in [0.25, 0.3) is 0 Å². The molecule has 1 heterocycles. The fourth-order valence-electron chi connectivity index (χ4n) is 4.84. The van der Waals surface area contributed by atoms with Gasteiger partial charge in [-0.1, -0.05) is 66.7 Å². The number of carbonyl (C=O) groups excluding carboxylic acids is 1. The third-order valence-electron chi connectivity index (χ3n) is 6.94. The number of hydrogen-bond acceptors (Lipinski definition) is 5. The highest BCUT2D eigenvalue weighted by atomic mass is 19.1. The van der Waals surface area contributed by atoms with Gasteiger partial charge in [-0.15, -0.1) is 0 Å². The van der Waals surface area contributed by atoms with Crippen molar-refractivity contribution in [2.45, 2.75) is 31.0 Å². The zero-order chi connectivity index (χ0) is 28.7. The van der Waals surface area contributed by atoms with Gasteiger partial charge < -0.3 is 19.9 Å². The Morgan fingerprint density at radius 3 is 2.22 bits per heavy atom. The Morgan fingerprint density at radius 1 is 0.902 bits per heavy atom. The predicted molar refractivity (Wildman–Crippen MR) is 152 cm³/mol. The molecule has 1 aliphatic heterocycles. The lowest BCUT2D eigenvalue weighted by Crippen LogP contribution is -2.49. The zero-order valence-electron chi connectivity index (χ0n) is 22.3. The van der Waals surface area contributed by atoms with E-state index in [0.717, 1.165) is 23.3 Å². The Kier molecular flexibility index (Phi) is 8.70. The molecular formula is C33H30F2N2O4. The number of nitrogens with one attached hydrogen (secondary N) is 1. The number of benzene rings is 4. The molecule has 1 aliphatic rings. The van der Waals surface area contributed by atoms with E-state index in [9.17, 15) is 13.6 Å². The van der Waals surface area contributed by atoms with Gasteiger partial charge in [0, 0.05) is 37.1 Å². The van der Waals surface area contributed by atoms with E-state index in [0.29, 0.717) is 24.3 Å². The number of aliphatic imine (C=N–C) groups is 1. The summed E-state index contributed by atoms with van der Waals surface area (Å²) in [6.45, 7) is 0.0746. The van der Waals surface area contributed by atoms with Gasteiger partial charge in [-0.05, 0) is 47.5 Å². The zero-order valence-corrected chi connectivity index (χ0v) is 22.3. The molecule has 5 rings (SSSR count). The maximum absolute atomic E-state index is 14.4. The van der Waals surface area contributed by atoms with Crippen molar-refractivity contribution in [3.8, 4) is 5.75 Å². The van der Waals surface area contributed by atoms with Crippen LogP contribution in [-0.4, -0.2) is 35.7 Å². The van der Waals surface area contributed by atoms with E-state index in [-0.39, 0.29) is 31.0 Å². The quantitative estimate of drug-likeness (QED) is 0.238. The third kappa shape index (κ3) is 6.28. The second-order valence-corrected chi connectivity index (χ2v) is 9.75. The average Bonchev–Trinajstić information content (AvgIpc) is 3.38. The fraction of sp³-hybridized carbons (Fsp3) is 0.212. The van der Waals surface area contributed by atoms with Crippen molar-refractivity contribution in [1.29, 1.82) is 0 Å². The van der Waals surface area contributed by atoms with E-state index < -0.39 is 29.2 Å². The highest BCUT2D eigenvalue weighted by molar-refractivity contribution is 6.01. The van der Waals surface area contributed by atoms with Crippen LogP contribution in [0.1, 0.15) is 34.8 Å².